The van der Waals surface area contributed by atoms with E-state index in [4.69, 9.17) is 0 Å². The molecular formula is C9H9N3O. The highest BCUT2D eigenvalue weighted by molar-refractivity contribution is 5.94. The Morgan fingerprint density at radius 1 is 1.46 bits per heavy atom. The molecular weight excluding hydrogens is 166 g/mol. The van der Waals surface area contributed by atoms with Crippen molar-refractivity contribution < 1.29 is 4.79 Å². The van der Waals surface area contributed by atoms with Crippen LogP contribution in [0, 0.1) is 0 Å². The van der Waals surface area contributed by atoms with Gasteiger partial charge in [-0.2, -0.15) is 0 Å². The Balaban J connectivity index is 2.54. The van der Waals surface area contributed by atoms with E-state index in [1.54, 1.807) is 19.3 Å². The first kappa shape index (κ1) is 7.79. The summed E-state index contributed by atoms with van der Waals surface area (Å²) in [4.78, 5) is 18.3. The second kappa shape index (κ2) is 2.90. The lowest BCUT2D eigenvalue weighted by atomic mass is 10.3. The number of pyridine rings is 1. The lowest BCUT2D eigenvalue weighted by Gasteiger charge is -1.97. The largest absolute Gasteiger partial charge is 0.354 e. The van der Waals surface area contributed by atoms with Crippen molar-refractivity contribution in [1.82, 2.24) is 15.3 Å². The van der Waals surface area contributed by atoms with E-state index in [-0.39, 0.29) is 5.91 Å². The van der Waals surface area contributed by atoms with Gasteiger partial charge in [-0.05, 0) is 18.2 Å². The highest BCUT2D eigenvalue weighted by atomic mass is 16.1. The van der Waals surface area contributed by atoms with Gasteiger partial charge in [0.1, 0.15) is 11.3 Å². The molecule has 0 saturated carbocycles. The van der Waals surface area contributed by atoms with Crippen molar-refractivity contribution in [2.24, 2.45) is 0 Å². The fraction of sp³-hybridized carbons (Fsp3) is 0.111. The number of fused-ring (bicyclic) bond motifs is 1. The Labute approximate surface area is 75.0 Å². The fourth-order valence-electron chi connectivity index (χ4n) is 1.18. The lowest BCUT2D eigenvalue weighted by Crippen LogP contribution is -2.18. The minimum Gasteiger partial charge on any atom is -0.354 e. The number of aromatic nitrogens is 2. The first-order valence-corrected chi connectivity index (χ1v) is 3.97. The van der Waals surface area contributed by atoms with E-state index < -0.39 is 0 Å². The van der Waals surface area contributed by atoms with Crippen molar-refractivity contribution in [3.63, 3.8) is 0 Å². The first-order chi connectivity index (χ1) is 6.31. The number of carbonyl (C=O) groups excluding carboxylic acids is 1. The summed E-state index contributed by atoms with van der Waals surface area (Å²) >= 11 is 0. The summed E-state index contributed by atoms with van der Waals surface area (Å²) in [5.41, 5.74) is 1.17. The molecule has 0 aromatic carbocycles. The Morgan fingerprint density at radius 2 is 2.31 bits per heavy atom. The maximum atomic E-state index is 11.2. The van der Waals surface area contributed by atoms with Crippen molar-refractivity contribution in [2.75, 3.05) is 7.05 Å². The van der Waals surface area contributed by atoms with E-state index in [9.17, 15) is 4.79 Å². The minimum atomic E-state index is -0.170. The van der Waals surface area contributed by atoms with Gasteiger partial charge in [0.15, 0.2) is 0 Å². The van der Waals surface area contributed by atoms with Gasteiger partial charge >= 0.3 is 0 Å². The number of hydrogen-bond acceptors (Lipinski definition) is 2. The third kappa shape index (κ3) is 1.26. The zero-order valence-electron chi connectivity index (χ0n) is 7.16. The number of carbonyl (C=O) groups is 1. The molecule has 0 aliphatic carbocycles. The molecule has 0 unspecified atom stereocenters. The maximum absolute atomic E-state index is 11.2. The normalized spacial score (nSPS) is 10.2. The third-order valence-electron chi connectivity index (χ3n) is 1.87. The molecule has 0 aliphatic rings. The number of amides is 1. The number of H-pyrrole nitrogens is 1. The van der Waals surface area contributed by atoms with Crippen LogP contribution in [0.3, 0.4) is 0 Å². The van der Waals surface area contributed by atoms with E-state index in [1.807, 2.05) is 12.1 Å². The van der Waals surface area contributed by atoms with Crippen LogP contribution in [0.5, 0.6) is 0 Å². The molecule has 0 saturated heterocycles. The summed E-state index contributed by atoms with van der Waals surface area (Å²) in [7, 11) is 1.59. The fourth-order valence-corrected chi connectivity index (χ4v) is 1.18. The van der Waals surface area contributed by atoms with Crippen LogP contribution in [0.25, 0.3) is 11.0 Å². The van der Waals surface area contributed by atoms with E-state index in [0.29, 0.717) is 5.69 Å². The van der Waals surface area contributed by atoms with Crippen molar-refractivity contribution in [3.05, 3.63) is 30.1 Å². The molecule has 2 aromatic heterocycles. The minimum absolute atomic E-state index is 0.170. The van der Waals surface area contributed by atoms with Gasteiger partial charge in [-0.3, -0.25) is 4.79 Å². The zero-order chi connectivity index (χ0) is 9.26. The second-order valence-electron chi connectivity index (χ2n) is 2.69. The summed E-state index contributed by atoms with van der Waals surface area (Å²) in [5, 5.41) is 3.53. The zero-order valence-corrected chi connectivity index (χ0v) is 7.16. The quantitative estimate of drug-likeness (QED) is 0.677. The summed E-state index contributed by atoms with van der Waals surface area (Å²) in [6, 6.07) is 5.48. The number of aromatic amines is 1. The molecule has 0 bridgehead atoms. The van der Waals surface area contributed by atoms with Gasteiger partial charge in [0.05, 0.1) is 0 Å². The van der Waals surface area contributed by atoms with Gasteiger partial charge in [-0.15, -0.1) is 0 Å². The third-order valence-corrected chi connectivity index (χ3v) is 1.87. The molecule has 2 aromatic rings. The standard InChI is InChI=1S/C9H9N3O/c1-10-9(13)7-3-2-6-4-5-11-8(6)12-7/h2-5H,1H3,(H,10,13)(H,11,12). The van der Waals surface area contributed by atoms with Gasteiger partial charge in [0, 0.05) is 18.6 Å². The van der Waals surface area contributed by atoms with Gasteiger partial charge in [0.2, 0.25) is 0 Å². The van der Waals surface area contributed by atoms with E-state index in [0.717, 1.165) is 11.0 Å². The first-order valence-electron chi connectivity index (χ1n) is 3.97. The molecule has 4 nitrogen and oxygen atoms in total. The highest BCUT2D eigenvalue weighted by Crippen LogP contribution is 2.09. The van der Waals surface area contributed by atoms with Crippen molar-refractivity contribution in [3.8, 4) is 0 Å². The van der Waals surface area contributed by atoms with Crippen LogP contribution in [0.4, 0.5) is 0 Å². The highest BCUT2D eigenvalue weighted by Gasteiger charge is 2.05. The molecule has 0 atom stereocenters. The van der Waals surface area contributed by atoms with Crippen LogP contribution in [0.1, 0.15) is 10.5 Å². The van der Waals surface area contributed by atoms with Crippen molar-refractivity contribution in [2.45, 2.75) is 0 Å². The number of rotatable bonds is 1. The molecule has 2 N–H and O–H groups in total. The summed E-state index contributed by atoms with van der Waals surface area (Å²) in [5.74, 6) is -0.170. The van der Waals surface area contributed by atoms with Gasteiger partial charge in [0.25, 0.3) is 5.91 Å². The number of hydrogen-bond donors (Lipinski definition) is 2. The molecule has 2 rings (SSSR count). The monoisotopic (exact) mass is 175 g/mol. The van der Waals surface area contributed by atoms with Gasteiger partial charge < -0.3 is 10.3 Å². The SMILES string of the molecule is CNC(=O)c1ccc2cc[nH]c2n1. The Bertz CT molecular complexity index is 447. The number of nitrogens with zero attached hydrogens (tertiary/aromatic N) is 1. The molecule has 0 spiro atoms. The summed E-state index contributed by atoms with van der Waals surface area (Å²) in [6.45, 7) is 0. The van der Waals surface area contributed by atoms with E-state index >= 15 is 0 Å². The smallest absolute Gasteiger partial charge is 0.269 e. The molecule has 0 aliphatic heterocycles. The van der Waals surface area contributed by atoms with Crippen LogP contribution in [-0.4, -0.2) is 22.9 Å². The van der Waals surface area contributed by atoms with Crippen LogP contribution < -0.4 is 5.32 Å². The van der Waals surface area contributed by atoms with Crippen molar-refractivity contribution >= 4 is 16.9 Å². The van der Waals surface area contributed by atoms with Gasteiger partial charge in [-0.25, -0.2) is 4.98 Å². The summed E-state index contributed by atoms with van der Waals surface area (Å²) < 4.78 is 0. The molecule has 2 heterocycles. The molecule has 13 heavy (non-hydrogen) atoms. The molecule has 1 amide bonds. The van der Waals surface area contributed by atoms with Crippen LogP contribution in [-0.2, 0) is 0 Å². The molecule has 66 valence electrons. The van der Waals surface area contributed by atoms with Crippen molar-refractivity contribution in [1.29, 1.82) is 0 Å². The molecule has 0 radical (unpaired) electrons. The average Bonchev–Trinajstić information content (AvgIpc) is 2.63. The Morgan fingerprint density at radius 3 is 3.08 bits per heavy atom. The van der Waals surface area contributed by atoms with Crippen LogP contribution >= 0.6 is 0 Å². The van der Waals surface area contributed by atoms with Crippen LogP contribution in [0.2, 0.25) is 0 Å². The predicted molar refractivity (Wildman–Crippen MR) is 49.5 cm³/mol. The van der Waals surface area contributed by atoms with E-state index in [1.165, 1.54) is 0 Å². The van der Waals surface area contributed by atoms with E-state index in [2.05, 4.69) is 15.3 Å². The molecule has 0 fully saturated rings. The predicted octanol–water partition coefficient (Wildman–Crippen LogP) is 0.922. The molecule has 4 heteroatoms. The average molecular weight is 175 g/mol. The van der Waals surface area contributed by atoms with Gasteiger partial charge in [-0.1, -0.05) is 0 Å². The topological polar surface area (TPSA) is 57.8 Å². The second-order valence-corrected chi connectivity index (χ2v) is 2.69. The summed E-state index contributed by atoms with van der Waals surface area (Å²) in [6.07, 6.45) is 1.80. The Kier molecular flexibility index (Phi) is 1.73. The van der Waals surface area contributed by atoms with Crippen LogP contribution in [0.15, 0.2) is 24.4 Å². The maximum Gasteiger partial charge on any atom is 0.269 e. The lowest BCUT2D eigenvalue weighted by molar-refractivity contribution is 0.0958. The Hall–Kier alpha value is -1.84. The number of nitrogens with one attached hydrogen (secondary N) is 2.